The molecule has 3 N–H and O–H groups in total. The van der Waals surface area contributed by atoms with Crippen molar-refractivity contribution >= 4 is 63.7 Å². The molecular weight excluding hydrogens is 425 g/mol. The highest BCUT2D eigenvalue weighted by molar-refractivity contribution is 7.80. The number of amides is 1. The molecular formula is C19H28Cl3N3OS. The van der Waals surface area contributed by atoms with Crippen molar-refractivity contribution in [1.82, 2.24) is 10.6 Å². The first-order chi connectivity index (χ1) is 12.7. The predicted molar refractivity (Wildman–Crippen MR) is 121 cm³/mol. The number of hydrogen-bond acceptors (Lipinski definition) is 2. The van der Waals surface area contributed by atoms with Crippen LogP contribution in [0.2, 0.25) is 0 Å². The van der Waals surface area contributed by atoms with Crippen LogP contribution in [0.25, 0.3) is 0 Å². The quantitative estimate of drug-likeness (QED) is 0.201. The molecule has 0 aliphatic carbocycles. The first-order valence-electron chi connectivity index (χ1n) is 9.27. The number of carbonyl (C=O) groups is 1. The fourth-order valence-electron chi connectivity index (χ4n) is 2.65. The van der Waals surface area contributed by atoms with Gasteiger partial charge in [0.15, 0.2) is 5.11 Å². The zero-order chi connectivity index (χ0) is 20.4. The topological polar surface area (TPSA) is 53.2 Å². The van der Waals surface area contributed by atoms with E-state index in [0.29, 0.717) is 6.42 Å². The molecule has 27 heavy (non-hydrogen) atoms. The lowest BCUT2D eigenvalue weighted by Crippen LogP contribution is -2.56. The highest BCUT2D eigenvalue weighted by Crippen LogP contribution is 2.29. The minimum Gasteiger partial charge on any atom is -0.339 e. The molecule has 0 spiro atoms. The van der Waals surface area contributed by atoms with Gasteiger partial charge in [0.25, 0.3) is 0 Å². The Balaban J connectivity index is 2.82. The van der Waals surface area contributed by atoms with Gasteiger partial charge in [0, 0.05) is 12.1 Å². The van der Waals surface area contributed by atoms with E-state index >= 15 is 0 Å². The summed E-state index contributed by atoms with van der Waals surface area (Å²) in [5.74, 6) is -0.182. The number of alkyl halides is 3. The molecule has 4 nitrogen and oxygen atoms in total. The summed E-state index contributed by atoms with van der Waals surface area (Å²) in [7, 11) is 0. The SMILES string of the molecule is CCCCCC(=O)NC(NC(=S)Nc1c(CC)cccc1CC)C(Cl)(Cl)Cl. The second-order valence-electron chi connectivity index (χ2n) is 6.26. The Hall–Kier alpha value is -0.750. The van der Waals surface area contributed by atoms with Crippen LogP contribution in [0.5, 0.6) is 0 Å². The van der Waals surface area contributed by atoms with Crippen LogP contribution in [0.3, 0.4) is 0 Å². The molecule has 1 atom stereocenters. The largest absolute Gasteiger partial charge is 0.339 e. The van der Waals surface area contributed by atoms with Gasteiger partial charge in [-0.3, -0.25) is 4.79 Å². The summed E-state index contributed by atoms with van der Waals surface area (Å²) in [4.78, 5) is 12.1. The fraction of sp³-hybridized carbons (Fsp3) is 0.579. The molecule has 0 saturated carbocycles. The molecule has 8 heteroatoms. The molecule has 0 aromatic heterocycles. The van der Waals surface area contributed by atoms with Crippen molar-refractivity contribution in [3.63, 3.8) is 0 Å². The number of aryl methyl sites for hydroxylation is 2. The second-order valence-corrected chi connectivity index (χ2v) is 9.03. The Morgan fingerprint density at radius 2 is 1.67 bits per heavy atom. The number of anilines is 1. The Morgan fingerprint density at radius 3 is 2.15 bits per heavy atom. The number of para-hydroxylation sites is 1. The van der Waals surface area contributed by atoms with Crippen molar-refractivity contribution < 1.29 is 4.79 Å². The summed E-state index contributed by atoms with van der Waals surface area (Å²) in [6.07, 6.45) is 3.97. The number of halogens is 3. The number of nitrogens with one attached hydrogen (secondary N) is 3. The van der Waals surface area contributed by atoms with Crippen LogP contribution < -0.4 is 16.0 Å². The Labute approximate surface area is 182 Å². The fourth-order valence-corrected chi connectivity index (χ4v) is 3.20. The Morgan fingerprint density at radius 1 is 1.07 bits per heavy atom. The average Bonchev–Trinajstić information content (AvgIpc) is 2.60. The van der Waals surface area contributed by atoms with Crippen molar-refractivity contribution in [2.75, 3.05) is 5.32 Å². The first kappa shape index (κ1) is 24.3. The van der Waals surface area contributed by atoms with Gasteiger partial charge in [-0.15, -0.1) is 0 Å². The molecule has 0 aliphatic heterocycles. The van der Waals surface area contributed by atoms with Crippen LogP contribution >= 0.6 is 47.0 Å². The maximum absolute atomic E-state index is 12.1. The van der Waals surface area contributed by atoms with E-state index in [2.05, 4.69) is 36.7 Å². The van der Waals surface area contributed by atoms with E-state index in [4.69, 9.17) is 47.0 Å². The van der Waals surface area contributed by atoms with Crippen molar-refractivity contribution in [3.05, 3.63) is 29.3 Å². The van der Waals surface area contributed by atoms with Crippen molar-refractivity contribution in [2.45, 2.75) is 69.3 Å². The number of benzene rings is 1. The van der Waals surface area contributed by atoms with Crippen molar-refractivity contribution in [3.8, 4) is 0 Å². The van der Waals surface area contributed by atoms with Crippen LogP contribution in [0.4, 0.5) is 5.69 Å². The lowest BCUT2D eigenvalue weighted by atomic mass is 10.0. The van der Waals surface area contributed by atoms with E-state index < -0.39 is 9.96 Å². The Bertz CT molecular complexity index is 613. The second kappa shape index (κ2) is 11.9. The zero-order valence-electron chi connectivity index (χ0n) is 16.0. The van der Waals surface area contributed by atoms with Crippen LogP contribution in [-0.4, -0.2) is 21.0 Å². The van der Waals surface area contributed by atoms with E-state index in [0.717, 1.165) is 48.9 Å². The number of hydrogen-bond donors (Lipinski definition) is 3. The normalized spacial score (nSPS) is 12.4. The minimum absolute atomic E-state index is 0.182. The molecule has 0 saturated heterocycles. The molecule has 0 radical (unpaired) electrons. The summed E-state index contributed by atoms with van der Waals surface area (Å²) in [5.41, 5.74) is 3.25. The predicted octanol–water partition coefficient (Wildman–Crippen LogP) is 5.49. The molecule has 0 heterocycles. The van der Waals surface area contributed by atoms with Gasteiger partial charge in [0.05, 0.1) is 0 Å². The van der Waals surface area contributed by atoms with Crippen molar-refractivity contribution in [1.29, 1.82) is 0 Å². The van der Waals surface area contributed by atoms with Gasteiger partial charge in [0.2, 0.25) is 9.70 Å². The lowest BCUT2D eigenvalue weighted by molar-refractivity contribution is -0.122. The molecule has 0 aliphatic rings. The molecule has 1 amide bonds. The van der Waals surface area contributed by atoms with E-state index in [1.54, 1.807) is 0 Å². The average molecular weight is 453 g/mol. The van der Waals surface area contributed by atoms with Gasteiger partial charge in [-0.25, -0.2) is 0 Å². The summed E-state index contributed by atoms with van der Waals surface area (Å²) in [6, 6.07) is 6.12. The molecule has 0 bridgehead atoms. The third kappa shape index (κ3) is 8.43. The van der Waals surface area contributed by atoms with Gasteiger partial charge in [-0.05, 0) is 42.6 Å². The zero-order valence-corrected chi connectivity index (χ0v) is 19.1. The highest BCUT2D eigenvalue weighted by atomic mass is 35.6. The summed E-state index contributed by atoms with van der Waals surface area (Å²) in [5, 5.41) is 9.13. The Kier molecular flexibility index (Phi) is 10.7. The number of rotatable bonds is 9. The summed E-state index contributed by atoms with van der Waals surface area (Å²) < 4.78 is -1.75. The van der Waals surface area contributed by atoms with E-state index in [-0.39, 0.29) is 11.0 Å². The third-order valence-electron chi connectivity index (χ3n) is 4.15. The van der Waals surface area contributed by atoms with Crippen LogP contribution in [-0.2, 0) is 17.6 Å². The number of unbranched alkanes of at least 4 members (excludes halogenated alkanes) is 2. The van der Waals surface area contributed by atoms with Crippen LogP contribution in [0.1, 0.15) is 57.6 Å². The highest BCUT2D eigenvalue weighted by Gasteiger charge is 2.34. The molecule has 1 rings (SSSR count). The van der Waals surface area contributed by atoms with E-state index in [1.165, 1.54) is 0 Å². The summed E-state index contributed by atoms with van der Waals surface area (Å²) in [6.45, 7) is 6.24. The molecule has 0 fully saturated rings. The molecule has 1 unspecified atom stereocenters. The number of carbonyl (C=O) groups excluding carboxylic acids is 1. The first-order valence-corrected chi connectivity index (χ1v) is 10.8. The lowest BCUT2D eigenvalue weighted by Gasteiger charge is -2.28. The van der Waals surface area contributed by atoms with Gasteiger partial charge in [0.1, 0.15) is 6.17 Å². The van der Waals surface area contributed by atoms with E-state index in [1.807, 2.05) is 18.2 Å². The van der Waals surface area contributed by atoms with Crippen molar-refractivity contribution in [2.24, 2.45) is 0 Å². The molecule has 152 valence electrons. The summed E-state index contributed by atoms with van der Waals surface area (Å²) >= 11 is 23.5. The van der Waals surface area contributed by atoms with Gasteiger partial charge in [-0.2, -0.15) is 0 Å². The van der Waals surface area contributed by atoms with Crippen LogP contribution in [0.15, 0.2) is 18.2 Å². The molecule has 1 aromatic rings. The minimum atomic E-state index is -1.75. The molecule has 1 aromatic carbocycles. The smallest absolute Gasteiger partial charge is 0.228 e. The van der Waals surface area contributed by atoms with Gasteiger partial charge < -0.3 is 16.0 Å². The maximum atomic E-state index is 12.1. The van der Waals surface area contributed by atoms with Crippen LogP contribution in [0, 0.1) is 0 Å². The van der Waals surface area contributed by atoms with Gasteiger partial charge in [-0.1, -0.05) is 86.6 Å². The number of thiocarbonyl (C=S) groups is 1. The standard InChI is InChI=1S/C19H28Cl3N3OS/c1-4-7-8-12-15(26)23-17(19(20,21)22)25-18(27)24-16-13(5-2)10-9-11-14(16)6-3/h9-11,17H,4-8,12H2,1-3H3,(H,23,26)(H2,24,25,27). The van der Waals surface area contributed by atoms with Gasteiger partial charge >= 0.3 is 0 Å². The third-order valence-corrected chi connectivity index (χ3v) is 5.03. The van der Waals surface area contributed by atoms with E-state index in [9.17, 15) is 4.79 Å². The maximum Gasteiger partial charge on any atom is 0.228 e. The monoisotopic (exact) mass is 451 g/mol.